The van der Waals surface area contributed by atoms with E-state index in [1.807, 2.05) is 42.5 Å². The summed E-state index contributed by atoms with van der Waals surface area (Å²) >= 11 is 0. The van der Waals surface area contributed by atoms with Crippen molar-refractivity contribution in [1.29, 1.82) is 0 Å². The van der Waals surface area contributed by atoms with E-state index in [4.69, 9.17) is 0 Å². The van der Waals surface area contributed by atoms with Crippen LogP contribution in [0.3, 0.4) is 0 Å². The van der Waals surface area contributed by atoms with Gasteiger partial charge in [-0.05, 0) is 48.6 Å². The average Bonchev–Trinajstić information content (AvgIpc) is 2.65. The van der Waals surface area contributed by atoms with E-state index in [9.17, 15) is 4.79 Å². The Morgan fingerprint density at radius 1 is 1.11 bits per heavy atom. The van der Waals surface area contributed by atoms with Crippen LogP contribution >= 0.6 is 0 Å². The van der Waals surface area contributed by atoms with Crippen molar-refractivity contribution in [3.8, 4) is 0 Å². The van der Waals surface area contributed by atoms with Crippen LogP contribution in [-0.2, 0) is 6.54 Å². The molecule has 0 atom stereocenters. The Labute approximate surface area is 164 Å². The molecule has 0 saturated carbocycles. The summed E-state index contributed by atoms with van der Waals surface area (Å²) < 4.78 is 0. The molecule has 0 unspecified atom stereocenters. The molecule has 1 aromatic carbocycles. The van der Waals surface area contributed by atoms with E-state index in [0.29, 0.717) is 12.1 Å². The summed E-state index contributed by atoms with van der Waals surface area (Å²) in [7, 11) is 0. The fourth-order valence-corrected chi connectivity index (χ4v) is 2.36. The largest absolute Gasteiger partial charge is 0.381 e. The first-order chi connectivity index (χ1) is 12.9. The molecule has 0 bridgehead atoms. The SMILES string of the molecule is C=C(/C=C(\C=C/C=C(C)C)C(=C)NCc1ccc(C=O)cc1)C(=C)CCC. The predicted molar refractivity (Wildman–Crippen MR) is 118 cm³/mol. The highest BCUT2D eigenvalue weighted by molar-refractivity contribution is 5.74. The van der Waals surface area contributed by atoms with Crippen LogP contribution in [-0.4, -0.2) is 6.29 Å². The lowest BCUT2D eigenvalue weighted by Crippen LogP contribution is -2.13. The van der Waals surface area contributed by atoms with Gasteiger partial charge in [0.2, 0.25) is 0 Å². The molecule has 0 aromatic heterocycles. The quantitative estimate of drug-likeness (QED) is 0.362. The highest BCUT2D eigenvalue weighted by Crippen LogP contribution is 2.18. The Balaban J connectivity index is 2.92. The highest BCUT2D eigenvalue weighted by atomic mass is 16.1. The molecule has 0 radical (unpaired) electrons. The highest BCUT2D eigenvalue weighted by Gasteiger charge is 2.03. The monoisotopic (exact) mass is 361 g/mol. The van der Waals surface area contributed by atoms with E-state index in [1.165, 1.54) is 5.57 Å². The maximum atomic E-state index is 10.8. The van der Waals surface area contributed by atoms with Gasteiger partial charge in [0, 0.05) is 17.8 Å². The zero-order valence-electron chi connectivity index (χ0n) is 16.8. The molecule has 0 aliphatic heterocycles. The van der Waals surface area contributed by atoms with Crippen molar-refractivity contribution in [2.75, 3.05) is 0 Å². The molecule has 27 heavy (non-hydrogen) atoms. The van der Waals surface area contributed by atoms with Crippen molar-refractivity contribution in [2.24, 2.45) is 0 Å². The fraction of sp³-hybridized carbons (Fsp3) is 0.240. The molecule has 0 aliphatic rings. The number of carbonyl (C=O) groups is 1. The van der Waals surface area contributed by atoms with Gasteiger partial charge >= 0.3 is 0 Å². The van der Waals surface area contributed by atoms with Gasteiger partial charge < -0.3 is 5.32 Å². The fourth-order valence-electron chi connectivity index (χ4n) is 2.36. The second kappa shape index (κ2) is 11.7. The number of allylic oxidation sites excluding steroid dienone is 7. The predicted octanol–water partition coefficient (Wildman–Crippen LogP) is 6.46. The number of nitrogens with one attached hydrogen (secondary N) is 1. The van der Waals surface area contributed by atoms with Crippen LogP contribution in [0, 0.1) is 0 Å². The van der Waals surface area contributed by atoms with Gasteiger partial charge in [-0.2, -0.15) is 0 Å². The number of rotatable bonds is 11. The molecule has 0 saturated heterocycles. The number of hydrogen-bond acceptors (Lipinski definition) is 2. The molecule has 142 valence electrons. The third-order valence-corrected chi connectivity index (χ3v) is 4.01. The lowest BCUT2D eigenvalue weighted by Gasteiger charge is -2.13. The second-order valence-corrected chi connectivity index (χ2v) is 6.77. The van der Waals surface area contributed by atoms with E-state index in [1.54, 1.807) is 0 Å². The van der Waals surface area contributed by atoms with E-state index in [2.05, 4.69) is 51.9 Å². The molecule has 0 amide bonds. The van der Waals surface area contributed by atoms with E-state index in [0.717, 1.165) is 47.1 Å². The summed E-state index contributed by atoms with van der Waals surface area (Å²) in [4.78, 5) is 10.8. The molecule has 0 spiro atoms. The van der Waals surface area contributed by atoms with Gasteiger partial charge in [-0.25, -0.2) is 0 Å². The molecule has 1 aromatic rings. The van der Waals surface area contributed by atoms with Gasteiger partial charge in [0.25, 0.3) is 0 Å². The van der Waals surface area contributed by atoms with Gasteiger partial charge in [0.15, 0.2) is 0 Å². The number of hydrogen-bond donors (Lipinski definition) is 1. The van der Waals surface area contributed by atoms with Crippen LogP contribution in [0.5, 0.6) is 0 Å². The van der Waals surface area contributed by atoms with Crippen molar-refractivity contribution in [2.45, 2.75) is 40.2 Å². The van der Waals surface area contributed by atoms with Crippen LogP contribution in [0.1, 0.15) is 49.5 Å². The number of carbonyl (C=O) groups excluding carboxylic acids is 1. The smallest absolute Gasteiger partial charge is 0.150 e. The lowest BCUT2D eigenvalue weighted by molar-refractivity contribution is 0.112. The lowest BCUT2D eigenvalue weighted by atomic mass is 10.0. The normalized spacial score (nSPS) is 11.1. The van der Waals surface area contributed by atoms with Gasteiger partial charge in [0.1, 0.15) is 6.29 Å². The topological polar surface area (TPSA) is 29.1 Å². The molecule has 0 aliphatic carbocycles. The van der Waals surface area contributed by atoms with Crippen LogP contribution in [0.15, 0.2) is 96.3 Å². The minimum Gasteiger partial charge on any atom is -0.381 e. The molecule has 1 N–H and O–H groups in total. The van der Waals surface area contributed by atoms with Crippen molar-refractivity contribution in [1.82, 2.24) is 5.32 Å². The standard InChI is InChI=1S/C25H31NO/c1-7-9-20(4)21(5)16-25(11-8-10-19(2)3)22(6)26-17-23-12-14-24(18-27)15-13-23/h8,10-16,18,26H,4-7,9,17H2,1-3H3/b11-8-,25-16+. The summed E-state index contributed by atoms with van der Waals surface area (Å²) in [5.74, 6) is 0. The second-order valence-electron chi connectivity index (χ2n) is 6.77. The first-order valence-corrected chi connectivity index (χ1v) is 9.25. The van der Waals surface area contributed by atoms with Crippen molar-refractivity contribution >= 4 is 6.29 Å². The molecule has 0 heterocycles. The maximum absolute atomic E-state index is 10.8. The summed E-state index contributed by atoms with van der Waals surface area (Å²) in [6, 6.07) is 7.51. The Morgan fingerprint density at radius 2 is 1.78 bits per heavy atom. The third kappa shape index (κ3) is 8.37. The molecule has 0 fully saturated rings. The first-order valence-electron chi connectivity index (χ1n) is 9.25. The summed E-state index contributed by atoms with van der Waals surface area (Å²) in [6.45, 7) is 19.3. The molecule has 2 nitrogen and oxygen atoms in total. The number of benzene rings is 1. The molecule has 2 heteroatoms. The van der Waals surface area contributed by atoms with Gasteiger partial charge in [-0.15, -0.1) is 0 Å². The summed E-state index contributed by atoms with van der Waals surface area (Å²) in [5.41, 5.74) is 6.75. The van der Waals surface area contributed by atoms with Crippen LogP contribution in [0.25, 0.3) is 0 Å². The molecular formula is C25H31NO. The van der Waals surface area contributed by atoms with Crippen LogP contribution < -0.4 is 5.32 Å². The van der Waals surface area contributed by atoms with Gasteiger partial charge in [-0.1, -0.05) is 81.1 Å². The summed E-state index contributed by atoms with van der Waals surface area (Å²) in [5, 5.41) is 3.36. The maximum Gasteiger partial charge on any atom is 0.150 e. The van der Waals surface area contributed by atoms with Crippen LogP contribution in [0.2, 0.25) is 0 Å². The Bertz CT molecular complexity index is 769. The van der Waals surface area contributed by atoms with E-state index >= 15 is 0 Å². The average molecular weight is 362 g/mol. The Morgan fingerprint density at radius 3 is 2.33 bits per heavy atom. The third-order valence-electron chi connectivity index (χ3n) is 4.01. The summed E-state index contributed by atoms with van der Waals surface area (Å²) in [6.07, 6.45) is 11.0. The minimum absolute atomic E-state index is 0.633. The first kappa shape index (κ1) is 22.2. The van der Waals surface area contributed by atoms with E-state index < -0.39 is 0 Å². The van der Waals surface area contributed by atoms with E-state index in [-0.39, 0.29) is 0 Å². The van der Waals surface area contributed by atoms with Crippen molar-refractivity contribution < 1.29 is 4.79 Å². The zero-order chi connectivity index (χ0) is 20.2. The van der Waals surface area contributed by atoms with Crippen molar-refractivity contribution in [3.63, 3.8) is 0 Å². The van der Waals surface area contributed by atoms with Crippen molar-refractivity contribution in [3.05, 3.63) is 107 Å². The van der Waals surface area contributed by atoms with Crippen LogP contribution in [0.4, 0.5) is 0 Å². The molecule has 1 rings (SSSR count). The van der Waals surface area contributed by atoms with Gasteiger partial charge in [-0.3, -0.25) is 4.79 Å². The number of aldehydes is 1. The molecular weight excluding hydrogens is 330 g/mol. The zero-order valence-corrected chi connectivity index (χ0v) is 16.8. The van der Waals surface area contributed by atoms with Gasteiger partial charge in [0.05, 0.1) is 0 Å². The Kier molecular flexibility index (Phi) is 9.60. The minimum atomic E-state index is 0.633. The Hall–Kier alpha value is -2.87.